The van der Waals surface area contributed by atoms with Gasteiger partial charge in [0, 0.05) is 11.3 Å². The first-order valence-electron chi connectivity index (χ1n) is 5.71. The van der Waals surface area contributed by atoms with Crippen LogP contribution in [0.25, 0.3) is 0 Å². The molecule has 0 aliphatic heterocycles. The summed E-state index contributed by atoms with van der Waals surface area (Å²) in [5.74, 6) is -1.99. The van der Waals surface area contributed by atoms with Crippen LogP contribution in [-0.2, 0) is 0 Å². The minimum absolute atomic E-state index is 0.239. The Kier molecular flexibility index (Phi) is 3.56. The lowest BCUT2D eigenvalue weighted by Crippen LogP contribution is -2.14. The van der Waals surface area contributed by atoms with Crippen molar-refractivity contribution in [1.29, 1.82) is 0 Å². The van der Waals surface area contributed by atoms with Crippen LogP contribution in [0.15, 0.2) is 42.5 Å². The SMILES string of the molecule is NC(=O)c1cccc(NC(=O)c2c(O)cccc2O)c1. The third-order valence-corrected chi connectivity index (χ3v) is 2.65. The average molecular weight is 272 g/mol. The summed E-state index contributed by atoms with van der Waals surface area (Å²) in [5.41, 5.74) is 5.47. The molecule has 0 fully saturated rings. The van der Waals surface area contributed by atoms with E-state index in [9.17, 15) is 19.8 Å². The van der Waals surface area contributed by atoms with Crippen LogP contribution in [0.1, 0.15) is 20.7 Å². The summed E-state index contributed by atoms with van der Waals surface area (Å²) in [6.07, 6.45) is 0. The van der Waals surface area contributed by atoms with Gasteiger partial charge in [0.2, 0.25) is 5.91 Å². The third-order valence-electron chi connectivity index (χ3n) is 2.65. The number of phenols is 2. The number of nitrogens with two attached hydrogens (primary N) is 1. The summed E-state index contributed by atoms with van der Waals surface area (Å²) >= 11 is 0. The number of rotatable bonds is 3. The summed E-state index contributed by atoms with van der Waals surface area (Å²) in [4.78, 5) is 23.0. The predicted octanol–water partition coefficient (Wildman–Crippen LogP) is 1.45. The van der Waals surface area contributed by atoms with Gasteiger partial charge in [-0.1, -0.05) is 12.1 Å². The molecule has 0 saturated heterocycles. The van der Waals surface area contributed by atoms with Crippen molar-refractivity contribution in [1.82, 2.24) is 0 Å². The van der Waals surface area contributed by atoms with Crippen LogP contribution < -0.4 is 11.1 Å². The van der Waals surface area contributed by atoms with Crippen molar-refractivity contribution in [3.05, 3.63) is 53.6 Å². The van der Waals surface area contributed by atoms with Gasteiger partial charge in [0.05, 0.1) is 0 Å². The summed E-state index contributed by atoms with van der Waals surface area (Å²) in [6, 6.07) is 10.0. The topological polar surface area (TPSA) is 113 Å². The monoisotopic (exact) mass is 272 g/mol. The maximum Gasteiger partial charge on any atom is 0.263 e. The van der Waals surface area contributed by atoms with E-state index in [1.807, 2.05) is 0 Å². The number of anilines is 1. The number of nitrogens with one attached hydrogen (secondary N) is 1. The molecule has 2 aromatic carbocycles. The van der Waals surface area contributed by atoms with Gasteiger partial charge in [-0.25, -0.2) is 0 Å². The van der Waals surface area contributed by atoms with Gasteiger partial charge in [-0.05, 0) is 30.3 Å². The smallest absolute Gasteiger partial charge is 0.263 e. The van der Waals surface area contributed by atoms with E-state index >= 15 is 0 Å². The molecule has 0 unspecified atom stereocenters. The normalized spacial score (nSPS) is 10.0. The lowest BCUT2D eigenvalue weighted by Gasteiger charge is -2.09. The lowest BCUT2D eigenvalue weighted by atomic mass is 10.1. The highest BCUT2D eigenvalue weighted by atomic mass is 16.3. The zero-order chi connectivity index (χ0) is 14.7. The first-order valence-corrected chi connectivity index (χ1v) is 5.71. The van der Waals surface area contributed by atoms with Gasteiger partial charge in [-0.2, -0.15) is 0 Å². The Labute approximate surface area is 114 Å². The fourth-order valence-corrected chi connectivity index (χ4v) is 1.70. The van der Waals surface area contributed by atoms with Crippen molar-refractivity contribution in [3.63, 3.8) is 0 Å². The molecular formula is C14H12N2O4. The molecule has 0 aromatic heterocycles. The Hall–Kier alpha value is -3.02. The van der Waals surface area contributed by atoms with Gasteiger partial charge in [-0.3, -0.25) is 9.59 Å². The number of benzene rings is 2. The molecular weight excluding hydrogens is 260 g/mol. The maximum atomic E-state index is 12.0. The van der Waals surface area contributed by atoms with Crippen molar-refractivity contribution in [3.8, 4) is 11.5 Å². The number of amides is 2. The zero-order valence-corrected chi connectivity index (χ0v) is 10.3. The number of carbonyl (C=O) groups is 2. The number of carbonyl (C=O) groups excluding carboxylic acids is 2. The molecule has 0 aliphatic rings. The van der Waals surface area contributed by atoms with Crippen LogP contribution in [0.2, 0.25) is 0 Å². The van der Waals surface area contributed by atoms with Crippen LogP contribution in [0.3, 0.4) is 0 Å². The number of phenolic OH excluding ortho intramolecular Hbond substituents is 2. The molecule has 5 N–H and O–H groups in total. The second kappa shape index (κ2) is 5.31. The van der Waals surface area contributed by atoms with Gasteiger partial charge >= 0.3 is 0 Å². The molecule has 2 aromatic rings. The maximum absolute atomic E-state index is 12.0. The molecule has 6 heteroatoms. The Balaban J connectivity index is 2.28. The molecule has 0 atom stereocenters. The molecule has 102 valence electrons. The molecule has 0 bridgehead atoms. The molecule has 0 aliphatic carbocycles. The molecule has 0 heterocycles. The number of hydrogen-bond donors (Lipinski definition) is 4. The lowest BCUT2D eigenvalue weighted by molar-refractivity contribution is 0.0995. The molecule has 0 saturated carbocycles. The van der Waals surface area contributed by atoms with E-state index in [1.165, 1.54) is 30.3 Å². The van der Waals surface area contributed by atoms with Crippen LogP contribution in [0.5, 0.6) is 11.5 Å². The standard InChI is InChI=1S/C14H12N2O4/c15-13(19)8-3-1-4-9(7-8)16-14(20)12-10(17)5-2-6-11(12)18/h1-7,17-18H,(H2,15,19)(H,16,20). The van der Waals surface area contributed by atoms with E-state index in [2.05, 4.69) is 5.32 Å². The van der Waals surface area contributed by atoms with E-state index in [1.54, 1.807) is 12.1 Å². The first-order chi connectivity index (χ1) is 9.49. The quantitative estimate of drug-likeness (QED) is 0.677. The molecule has 6 nitrogen and oxygen atoms in total. The fraction of sp³-hybridized carbons (Fsp3) is 0. The van der Waals surface area contributed by atoms with Crippen LogP contribution in [0, 0.1) is 0 Å². The van der Waals surface area contributed by atoms with E-state index < -0.39 is 11.8 Å². The van der Waals surface area contributed by atoms with Gasteiger partial charge in [0.25, 0.3) is 5.91 Å². The Morgan fingerprint density at radius 1 is 1.00 bits per heavy atom. The second-order valence-corrected chi connectivity index (χ2v) is 4.07. The second-order valence-electron chi connectivity index (χ2n) is 4.07. The largest absolute Gasteiger partial charge is 0.507 e. The minimum atomic E-state index is -0.692. The van der Waals surface area contributed by atoms with Crippen molar-refractivity contribution >= 4 is 17.5 Å². The molecule has 2 amide bonds. The third kappa shape index (κ3) is 2.69. The number of primary amides is 1. The van der Waals surface area contributed by atoms with Crippen LogP contribution >= 0.6 is 0 Å². The highest BCUT2D eigenvalue weighted by molar-refractivity contribution is 6.08. The van der Waals surface area contributed by atoms with E-state index in [0.717, 1.165) is 0 Å². The Bertz CT molecular complexity index is 662. The molecule has 0 spiro atoms. The van der Waals surface area contributed by atoms with E-state index in [0.29, 0.717) is 5.69 Å². The van der Waals surface area contributed by atoms with Gasteiger partial charge < -0.3 is 21.3 Å². The zero-order valence-electron chi connectivity index (χ0n) is 10.3. The van der Waals surface area contributed by atoms with E-state index in [4.69, 9.17) is 5.73 Å². The van der Waals surface area contributed by atoms with Gasteiger partial charge in [-0.15, -0.1) is 0 Å². The van der Waals surface area contributed by atoms with Crippen molar-refractivity contribution in [2.45, 2.75) is 0 Å². The number of hydrogen-bond acceptors (Lipinski definition) is 4. The van der Waals surface area contributed by atoms with Gasteiger partial charge in [0.15, 0.2) is 0 Å². The summed E-state index contributed by atoms with van der Waals surface area (Å²) in [6.45, 7) is 0. The fourth-order valence-electron chi connectivity index (χ4n) is 1.70. The molecule has 0 radical (unpaired) electrons. The molecule has 20 heavy (non-hydrogen) atoms. The van der Waals surface area contributed by atoms with Crippen molar-refractivity contribution in [2.75, 3.05) is 5.32 Å². The summed E-state index contributed by atoms with van der Waals surface area (Å²) in [7, 11) is 0. The Morgan fingerprint density at radius 3 is 2.20 bits per heavy atom. The minimum Gasteiger partial charge on any atom is -0.507 e. The summed E-state index contributed by atoms with van der Waals surface area (Å²) in [5, 5.41) is 21.6. The average Bonchev–Trinajstić information content (AvgIpc) is 2.38. The summed E-state index contributed by atoms with van der Waals surface area (Å²) < 4.78 is 0. The van der Waals surface area contributed by atoms with Crippen LogP contribution in [-0.4, -0.2) is 22.0 Å². The molecule has 2 rings (SSSR count). The van der Waals surface area contributed by atoms with Gasteiger partial charge in [0.1, 0.15) is 17.1 Å². The van der Waals surface area contributed by atoms with Crippen molar-refractivity contribution < 1.29 is 19.8 Å². The van der Waals surface area contributed by atoms with E-state index in [-0.39, 0.29) is 22.6 Å². The van der Waals surface area contributed by atoms with Crippen LogP contribution in [0.4, 0.5) is 5.69 Å². The predicted molar refractivity (Wildman–Crippen MR) is 72.7 cm³/mol. The Morgan fingerprint density at radius 2 is 1.60 bits per heavy atom. The van der Waals surface area contributed by atoms with Crippen molar-refractivity contribution in [2.24, 2.45) is 5.73 Å². The first kappa shape index (κ1) is 13.4. The number of aromatic hydroxyl groups is 2. The highest BCUT2D eigenvalue weighted by Crippen LogP contribution is 2.27. The highest BCUT2D eigenvalue weighted by Gasteiger charge is 2.16.